The quantitative estimate of drug-likeness (QED) is 0.0101. The molecule has 0 spiro atoms. The zero-order valence-electron chi connectivity index (χ0n) is 38.9. The van der Waals surface area contributed by atoms with Crippen LogP contribution in [0.2, 0.25) is 0 Å². The summed E-state index contributed by atoms with van der Waals surface area (Å²) in [6.07, 6.45) is 30.0. The molecule has 0 amide bonds. The Morgan fingerprint density at radius 1 is 0.562 bits per heavy atom. The standard InChI is InChI=1S/C49H85O14P/c1-3-5-7-9-11-13-15-17-18-19-20-22-24-26-28-30-32-36-43(52)62-41(39-61-64(58,59)63-49-47(56)45(54)44(53)46(55)48(49)57)38-60-42(51)37-33-35-40(50)34-31-29-27-25-23-21-16-14-12-10-8-6-4-2/h11,13,17-18,21,23,27,29,31,34,40-41,44-50,53-57H,3-10,12,14-16,19-20,22,24-26,28,30,32-33,35-39H2,1-2H3,(H,58,59)/b13-11-,18-17-,23-21+,29-27+,34-31+/t40?,41-,44?,45-,46+,47-,48-,49?/m1/s1. The van der Waals surface area contributed by atoms with Crippen LogP contribution in [0.1, 0.15) is 174 Å². The number of carbonyl (C=O) groups excluding carboxylic acids is 2. The van der Waals surface area contributed by atoms with Crippen molar-refractivity contribution in [1.82, 2.24) is 0 Å². The minimum Gasteiger partial charge on any atom is -0.462 e. The molecule has 15 heteroatoms. The van der Waals surface area contributed by atoms with E-state index in [1.165, 1.54) is 57.8 Å². The van der Waals surface area contributed by atoms with Gasteiger partial charge < -0.3 is 45.0 Å². The van der Waals surface area contributed by atoms with Crippen molar-refractivity contribution in [2.45, 2.75) is 223 Å². The van der Waals surface area contributed by atoms with Crippen LogP contribution in [-0.2, 0) is 32.7 Å². The van der Waals surface area contributed by atoms with E-state index in [2.05, 4.69) is 50.3 Å². The van der Waals surface area contributed by atoms with Crippen molar-refractivity contribution in [1.29, 1.82) is 0 Å². The summed E-state index contributed by atoms with van der Waals surface area (Å²) >= 11 is 0. The van der Waals surface area contributed by atoms with Crippen molar-refractivity contribution in [3.8, 4) is 0 Å². The number of aliphatic hydroxyl groups excluding tert-OH is 6. The van der Waals surface area contributed by atoms with Crippen molar-refractivity contribution in [3.05, 3.63) is 60.8 Å². The number of aliphatic hydroxyl groups is 6. The lowest BCUT2D eigenvalue weighted by Gasteiger charge is -2.41. The molecule has 0 aromatic heterocycles. The maximum absolute atomic E-state index is 12.8. The van der Waals surface area contributed by atoms with Gasteiger partial charge in [0.1, 0.15) is 43.2 Å². The minimum absolute atomic E-state index is 0.0463. The van der Waals surface area contributed by atoms with Crippen molar-refractivity contribution in [2.24, 2.45) is 0 Å². The molecule has 370 valence electrons. The van der Waals surface area contributed by atoms with E-state index < -0.39 is 81.8 Å². The van der Waals surface area contributed by atoms with Gasteiger partial charge in [0.15, 0.2) is 6.10 Å². The van der Waals surface area contributed by atoms with Gasteiger partial charge in [0.2, 0.25) is 0 Å². The van der Waals surface area contributed by atoms with Gasteiger partial charge in [-0.3, -0.25) is 18.6 Å². The lowest BCUT2D eigenvalue weighted by Crippen LogP contribution is -2.64. The molecule has 0 aromatic rings. The van der Waals surface area contributed by atoms with Crippen LogP contribution in [0.4, 0.5) is 0 Å². The third-order valence-electron chi connectivity index (χ3n) is 10.9. The molecule has 7 N–H and O–H groups in total. The largest absolute Gasteiger partial charge is 0.472 e. The number of phosphoric acid groups is 1. The summed E-state index contributed by atoms with van der Waals surface area (Å²) in [6, 6.07) is 0. The zero-order valence-corrected chi connectivity index (χ0v) is 39.8. The minimum atomic E-state index is -5.17. The summed E-state index contributed by atoms with van der Waals surface area (Å²) in [4.78, 5) is 35.8. The molecule has 1 aliphatic carbocycles. The first-order valence-electron chi connectivity index (χ1n) is 24.2. The lowest BCUT2D eigenvalue weighted by molar-refractivity contribution is -0.220. The molecule has 1 aliphatic rings. The van der Waals surface area contributed by atoms with E-state index in [9.17, 15) is 49.7 Å². The smallest absolute Gasteiger partial charge is 0.462 e. The first kappa shape index (κ1) is 59.5. The summed E-state index contributed by atoms with van der Waals surface area (Å²) in [5.74, 6) is -1.31. The third-order valence-corrected chi connectivity index (χ3v) is 11.9. The van der Waals surface area contributed by atoms with E-state index in [1.54, 1.807) is 12.2 Å². The third kappa shape index (κ3) is 30.7. The van der Waals surface area contributed by atoms with E-state index in [0.717, 1.165) is 70.6 Å². The van der Waals surface area contributed by atoms with E-state index in [0.29, 0.717) is 12.8 Å². The Morgan fingerprint density at radius 3 is 1.61 bits per heavy atom. The van der Waals surface area contributed by atoms with Gasteiger partial charge in [-0.05, 0) is 70.6 Å². The van der Waals surface area contributed by atoms with Crippen molar-refractivity contribution in [3.63, 3.8) is 0 Å². The van der Waals surface area contributed by atoms with Crippen LogP contribution in [-0.4, -0.2) is 110 Å². The number of rotatable bonds is 39. The Balaban J connectivity index is 2.53. The summed E-state index contributed by atoms with van der Waals surface area (Å²) in [7, 11) is -5.17. The molecule has 1 saturated carbocycles. The summed E-state index contributed by atoms with van der Waals surface area (Å²) in [5.41, 5.74) is 0. The van der Waals surface area contributed by atoms with Crippen molar-refractivity contribution < 1.29 is 68.2 Å². The number of allylic oxidation sites excluding steroid dienone is 9. The average molecular weight is 929 g/mol. The molecule has 14 nitrogen and oxygen atoms in total. The predicted octanol–water partition coefficient (Wildman–Crippen LogP) is 8.70. The van der Waals surface area contributed by atoms with Crippen LogP contribution >= 0.6 is 7.82 Å². The molecular formula is C49H85O14P. The fourth-order valence-corrected chi connectivity index (χ4v) is 7.95. The average Bonchev–Trinajstić information content (AvgIpc) is 3.27. The molecule has 0 radical (unpaired) electrons. The van der Waals surface area contributed by atoms with Crippen molar-refractivity contribution >= 4 is 19.8 Å². The number of hydrogen-bond donors (Lipinski definition) is 7. The maximum atomic E-state index is 12.8. The van der Waals surface area contributed by atoms with Crippen molar-refractivity contribution in [2.75, 3.05) is 13.2 Å². The predicted molar refractivity (Wildman–Crippen MR) is 250 cm³/mol. The van der Waals surface area contributed by atoms with Gasteiger partial charge in [0.25, 0.3) is 0 Å². The normalized spacial score (nSPS) is 22.6. The molecule has 0 heterocycles. The van der Waals surface area contributed by atoms with E-state index >= 15 is 0 Å². The fourth-order valence-electron chi connectivity index (χ4n) is 6.97. The molecule has 0 bridgehead atoms. The van der Waals surface area contributed by atoms with Crippen LogP contribution in [0.15, 0.2) is 60.8 Å². The second-order valence-electron chi connectivity index (χ2n) is 16.8. The zero-order chi connectivity index (χ0) is 47.3. The Labute approximate surface area is 384 Å². The van der Waals surface area contributed by atoms with Gasteiger partial charge >= 0.3 is 19.8 Å². The molecular weight excluding hydrogens is 843 g/mol. The highest BCUT2D eigenvalue weighted by atomic mass is 31.2. The summed E-state index contributed by atoms with van der Waals surface area (Å²) in [6.45, 7) is 3.10. The van der Waals surface area contributed by atoms with Gasteiger partial charge in [-0.15, -0.1) is 0 Å². The number of esters is 2. The Hall–Kier alpha value is -2.49. The molecule has 4 unspecified atom stereocenters. The van der Waals surface area contributed by atoms with E-state index in [-0.39, 0.29) is 19.3 Å². The molecule has 1 rings (SSSR count). The first-order valence-corrected chi connectivity index (χ1v) is 25.7. The second kappa shape index (κ2) is 38.6. The monoisotopic (exact) mass is 929 g/mol. The molecule has 0 aromatic carbocycles. The van der Waals surface area contributed by atoms with Crippen LogP contribution in [0.25, 0.3) is 0 Å². The molecule has 0 aliphatic heterocycles. The molecule has 1 fully saturated rings. The summed E-state index contributed by atoms with van der Waals surface area (Å²) in [5, 5.41) is 60.5. The van der Waals surface area contributed by atoms with Gasteiger partial charge in [0.05, 0.1) is 12.7 Å². The highest BCUT2D eigenvalue weighted by Crippen LogP contribution is 2.47. The Kier molecular flexibility index (Phi) is 35.9. The number of phosphoric ester groups is 1. The Morgan fingerprint density at radius 2 is 1.03 bits per heavy atom. The lowest BCUT2D eigenvalue weighted by atomic mass is 9.85. The van der Waals surface area contributed by atoms with Gasteiger partial charge in [-0.2, -0.15) is 0 Å². The number of unbranched alkanes of at least 4 members (excludes halogenated alkanes) is 16. The maximum Gasteiger partial charge on any atom is 0.472 e. The molecule has 9 atom stereocenters. The van der Waals surface area contributed by atoms with Crippen LogP contribution in [0.3, 0.4) is 0 Å². The second-order valence-corrected chi connectivity index (χ2v) is 18.2. The Bertz CT molecular complexity index is 1370. The first-order chi connectivity index (χ1) is 30.8. The summed E-state index contributed by atoms with van der Waals surface area (Å²) < 4.78 is 33.4. The fraction of sp³-hybridized carbons (Fsp3) is 0.755. The number of hydrogen-bond acceptors (Lipinski definition) is 13. The SMILES string of the molecule is CCCCC/C=C\C/C=C\CCCCCCCCCC(=O)O[C@H](COC(=O)CCCC(O)/C=C/C=C/C/C=C/CCCCCCCC)COP(=O)(O)OC1[C@H](O)[C@H](O)C(O)[C@H](O)[C@H]1O. The molecule has 0 saturated heterocycles. The van der Waals surface area contributed by atoms with Gasteiger partial charge in [0, 0.05) is 12.8 Å². The highest BCUT2D eigenvalue weighted by molar-refractivity contribution is 7.47. The molecule has 64 heavy (non-hydrogen) atoms. The number of ether oxygens (including phenoxy) is 2. The van der Waals surface area contributed by atoms with Gasteiger partial charge in [-0.25, -0.2) is 4.57 Å². The topological polar surface area (TPSA) is 230 Å². The van der Waals surface area contributed by atoms with E-state index in [1.807, 2.05) is 12.2 Å². The van der Waals surface area contributed by atoms with E-state index in [4.69, 9.17) is 18.5 Å². The van der Waals surface area contributed by atoms with Crippen LogP contribution < -0.4 is 0 Å². The van der Waals surface area contributed by atoms with Crippen LogP contribution in [0, 0.1) is 0 Å². The van der Waals surface area contributed by atoms with Crippen LogP contribution in [0.5, 0.6) is 0 Å². The number of carbonyl (C=O) groups is 2. The highest BCUT2D eigenvalue weighted by Gasteiger charge is 2.51. The van der Waals surface area contributed by atoms with Gasteiger partial charge in [-0.1, -0.05) is 152 Å².